The number of rotatable bonds is 6. The SMILES string of the molecule is CCCOc1ccc(CNC(=O)CBr)cc1C.O=C1CCCCCN1. The van der Waals surface area contributed by atoms with Gasteiger partial charge in [-0.3, -0.25) is 9.59 Å². The van der Waals surface area contributed by atoms with E-state index in [9.17, 15) is 9.59 Å². The minimum Gasteiger partial charge on any atom is -0.493 e. The lowest BCUT2D eigenvalue weighted by Gasteiger charge is -2.10. The summed E-state index contributed by atoms with van der Waals surface area (Å²) in [6.45, 7) is 6.28. The van der Waals surface area contributed by atoms with Crippen LogP contribution in [0.2, 0.25) is 0 Å². The van der Waals surface area contributed by atoms with Crippen molar-refractivity contribution in [2.45, 2.75) is 52.5 Å². The predicted molar refractivity (Wildman–Crippen MR) is 104 cm³/mol. The van der Waals surface area contributed by atoms with Crippen LogP contribution in [0.1, 0.15) is 50.2 Å². The van der Waals surface area contributed by atoms with E-state index >= 15 is 0 Å². The van der Waals surface area contributed by atoms with Gasteiger partial charge in [0.1, 0.15) is 5.75 Å². The summed E-state index contributed by atoms with van der Waals surface area (Å²) in [5.41, 5.74) is 2.18. The molecule has 1 aromatic carbocycles. The molecule has 0 aliphatic carbocycles. The van der Waals surface area contributed by atoms with Crippen molar-refractivity contribution in [3.63, 3.8) is 0 Å². The monoisotopic (exact) mass is 412 g/mol. The Labute approximate surface area is 159 Å². The first-order valence-corrected chi connectivity index (χ1v) is 10.0. The van der Waals surface area contributed by atoms with E-state index < -0.39 is 0 Å². The third kappa shape index (κ3) is 9.48. The zero-order chi connectivity index (χ0) is 18.5. The van der Waals surface area contributed by atoms with Gasteiger partial charge in [0.15, 0.2) is 0 Å². The lowest BCUT2D eigenvalue weighted by Crippen LogP contribution is -2.23. The van der Waals surface area contributed by atoms with Crippen LogP contribution >= 0.6 is 15.9 Å². The zero-order valence-corrected chi connectivity index (χ0v) is 16.8. The summed E-state index contributed by atoms with van der Waals surface area (Å²) in [5.74, 6) is 1.14. The highest BCUT2D eigenvalue weighted by atomic mass is 79.9. The maximum atomic E-state index is 11.1. The van der Waals surface area contributed by atoms with Crippen LogP contribution in [0.15, 0.2) is 18.2 Å². The molecule has 1 aliphatic heterocycles. The van der Waals surface area contributed by atoms with Gasteiger partial charge in [0.05, 0.1) is 11.9 Å². The molecule has 2 N–H and O–H groups in total. The van der Waals surface area contributed by atoms with Crippen LogP contribution in [0.3, 0.4) is 0 Å². The third-order valence-corrected chi connectivity index (χ3v) is 4.22. The molecule has 5 nitrogen and oxygen atoms in total. The lowest BCUT2D eigenvalue weighted by molar-refractivity contribution is -0.121. The van der Waals surface area contributed by atoms with Gasteiger partial charge in [0.2, 0.25) is 11.8 Å². The number of amides is 2. The fraction of sp³-hybridized carbons (Fsp3) is 0.579. The van der Waals surface area contributed by atoms with Gasteiger partial charge in [-0.05, 0) is 43.4 Å². The van der Waals surface area contributed by atoms with E-state index in [2.05, 4.69) is 33.5 Å². The van der Waals surface area contributed by atoms with E-state index in [-0.39, 0.29) is 11.8 Å². The smallest absolute Gasteiger partial charge is 0.230 e. The number of alkyl halides is 1. The Morgan fingerprint density at radius 1 is 1.32 bits per heavy atom. The number of hydrogen-bond acceptors (Lipinski definition) is 3. The molecule has 0 atom stereocenters. The number of nitrogens with one attached hydrogen (secondary N) is 2. The van der Waals surface area contributed by atoms with Crippen LogP contribution < -0.4 is 15.4 Å². The number of aryl methyl sites for hydroxylation is 1. The second kappa shape index (κ2) is 12.8. The average Bonchev–Trinajstić information content (AvgIpc) is 2.87. The molecule has 1 saturated heterocycles. The van der Waals surface area contributed by atoms with Crippen molar-refractivity contribution in [2.24, 2.45) is 0 Å². The van der Waals surface area contributed by atoms with Crippen molar-refractivity contribution in [1.29, 1.82) is 0 Å². The Kier molecular flexibility index (Phi) is 11.0. The Balaban J connectivity index is 0.000000324. The molecule has 0 radical (unpaired) electrons. The number of benzene rings is 1. The number of halogens is 1. The third-order valence-electron chi connectivity index (χ3n) is 3.71. The van der Waals surface area contributed by atoms with E-state index in [1.165, 1.54) is 6.42 Å². The summed E-state index contributed by atoms with van der Waals surface area (Å²) < 4.78 is 5.59. The first-order valence-electron chi connectivity index (χ1n) is 8.88. The molecule has 25 heavy (non-hydrogen) atoms. The van der Waals surface area contributed by atoms with Crippen molar-refractivity contribution in [2.75, 3.05) is 18.5 Å². The highest BCUT2D eigenvalue weighted by Crippen LogP contribution is 2.19. The zero-order valence-electron chi connectivity index (χ0n) is 15.2. The van der Waals surface area contributed by atoms with Gasteiger partial charge in [-0.2, -0.15) is 0 Å². The minimum absolute atomic E-state index is 0.00559. The number of ether oxygens (including phenoxy) is 1. The molecule has 2 amide bonds. The molecular weight excluding hydrogens is 384 g/mol. The van der Waals surface area contributed by atoms with Crippen molar-refractivity contribution in [3.8, 4) is 5.75 Å². The Morgan fingerprint density at radius 3 is 2.80 bits per heavy atom. The van der Waals surface area contributed by atoms with Gasteiger partial charge < -0.3 is 15.4 Å². The highest BCUT2D eigenvalue weighted by molar-refractivity contribution is 9.09. The topological polar surface area (TPSA) is 67.4 Å². The van der Waals surface area contributed by atoms with E-state index in [1.807, 2.05) is 25.1 Å². The van der Waals surface area contributed by atoms with Crippen LogP contribution in [-0.4, -0.2) is 30.3 Å². The number of carbonyl (C=O) groups is 2. The summed E-state index contributed by atoms with van der Waals surface area (Å²) in [6, 6.07) is 5.98. The highest BCUT2D eigenvalue weighted by Gasteiger charge is 2.04. The van der Waals surface area contributed by atoms with Gasteiger partial charge in [-0.15, -0.1) is 0 Å². The largest absolute Gasteiger partial charge is 0.493 e. The average molecular weight is 413 g/mol. The maximum absolute atomic E-state index is 11.1. The summed E-state index contributed by atoms with van der Waals surface area (Å²) in [5, 5.41) is 5.95. The molecule has 6 heteroatoms. The second-order valence-corrected chi connectivity index (χ2v) is 6.58. The van der Waals surface area contributed by atoms with Gasteiger partial charge >= 0.3 is 0 Å². The van der Waals surface area contributed by atoms with Crippen molar-refractivity contribution >= 4 is 27.7 Å². The van der Waals surface area contributed by atoms with Crippen molar-refractivity contribution in [3.05, 3.63) is 29.3 Å². The molecule has 0 aromatic heterocycles. The second-order valence-electron chi connectivity index (χ2n) is 6.02. The van der Waals surface area contributed by atoms with E-state index in [0.717, 1.165) is 55.7 Å². The molecule has 0 unspecified atom stereocenters. The number of hydrogen-bond donors (Lipinski definition) is 2. The first kappa shape index (κ1) is 21.5. The molecule has 140 valence electrons. The van der Waals surface area contributed by atoms with E-state index in [1.54, 1.807) is 0 Å². The molecule has 0 bridgehead atoms. The summed E-state index contributed by atoms with van der Waals surface area (Å²) in [4.78, 5) is 21.7. The minimum atomic E-state index is -0.00559. The molecule has 1 aromatic rings. The normalized spacial score (nSPS) is 13.8. The Hall–Kier alpha value is -1.56. The molecule has 2 rings (SSSR count). The standard InChI is InChI=1S/C13H18BrNO2.C6H11NO/c1-3-6-17-12-5-4-11(7-10(12)2)9-15-13(16)8-14;8-6-4-2-1-3-5-7-6/h4-5,7H,3,6,8-9H2,1-2H3,(H,15,16);1-5H2,(H,7,8). The van der Waals surface area contributed by atoms with Gasteiger partial charge in [0, 0.05) is 19.5 Å². The predicted octanol–water partition coefficient (Wildman–Crippen LogP) is 3.47. The van der Waals surface area contributed by atoms with Crippen LogP contribution in [0.4, 0.5) is 0 Å². The van der Waals surface area contributed by atoms with Crippen molar-refractivity contribution in [1.82, 2.24) is 10.6 Å². The number of carbonyl (C=O) groups excluding carboxylic acids is 2. The molecular formula is C19H29BrN2O3. The van der Waals surface area contributed by atoms with E-state index in [0.29, 0.717) is 11.9 Å². The maximum Gasteiger partial charge on any atom is 0.230 e. The van der Waals surface area contributed by atoms with Gasteiger partial charge in [-0.25, -0.2) is 0 Å². The fourth-order valence-corrected chi connectivity index (χ4v) is 2.55. The Morgan fingerprint density at radius 2 is 2.12 bits per heavy atom. The Bertz CT molecular complexity index is 539. The van der Waals surface area contributed by atoms with Crippen LogP contribution in [0.25, 0.3) is 0 Å². The molecule has 0 spiro atoms. The van der Waals surface area contributed by atoms with Crippen LogP contribution in [-0.2, 0) is 16.1 Å². The summed E-state index contributed by atoms with van der Waals surface area (Å²) >= 11 is 3.11. The van der Waals surface area contributed by atoms with Gasteiger partial charge in [0.25, 0.3) is 0 Å². The molecule has 0 saturated carbocycles. The molecule has 1 aliphatic rings. The van der Waals surface area contributed by atoms with Crippen LogP contribution in [0, 0.1) is 6.92 Å². The lowest BCUT2D eigenvalue weighted by atomic mass is 10.1. The summed E-state index contributed by atoms with van der Waals surface area (Å²) in [7, 11) is 0. The van der Waals surface area contributed by atoms with E-state index in [4.69, 9.17) is 4.74 Å². The quantitative estimate of drug-likeness (QED) is 0.702. The first-order chi connectivity index (χ1) is 12.1. The molecule has 1 fully saturated rings. The summed E-state index contributed by atoms with van der Waals surface area (Å²) in [6.07, 6.45) is 5.18. The fourth-order valence-electron chi connectivity index (χ4n) is 2.35. The molecule has 1 heterocycles. The van der Waals surface area contributed by atoms with Crippen molar-refractivity contribution < 1.29 is 14.3 Å². The van der Waals surface area contributed by atoms with Crippen LogP contribution in [0.5, 0.6) is 5.75 Å². The van der Waals surface area contributed by atoms with Gasteiger partial charge in [-0.1, -0.05) is 41.4 Å².